The van der Waals surface area contributed by atoms with Crippen molar-refractivity contribution < 1.29 is 26.9 Å². The lowest BCUT2D eigenvalue weighted by Crippen LogP contribution is -2.26. The molecule has 1 saturated heterocycles. The zero-order valence-electron chi connectivity index (χ0n) is 15.0. The number of aromatic nitrogens is 2. The van der Waals surface area contributed by atoms with Crippen molar-refractivity contribution >= 4 is 5.91 Å². The van der Waals surface area contributed by atoms with E-state index in [1.165, 1.54) is 41.3 Å². The van der Waals surface area contributed by atoms with E-state index in [0.29, 0.717) is 5.56 Å². The third-order valence-electron chi connectivity index (χ3n) is 4.77. The third kappa shape index (κ3) is 3.98. The molecule has 1 amide bonds. The van der Waals surface area contributed by atoms with Crippen LogP contribution in [-0.4, -0.2) is 27.5 Å². The van der Waals surface area contributed by atoms with Crippen LogP contribution in [0.15, 0.2) is 53.1 Å². The highest BCUT2D eigenvalue weighted by molar-refractivity contribution is 5.79. The number of hydrogen-bond acceptors (Lipinski definition) is 4. The van der Waals surface area contributed by atoms with Gasteiger partial charge in [0.1, 0.15) is 5.82 Å². The van der Waals surface area contributed by atoms with E-state index in [9.17, 15) is 22.4 Å². The first-order valence-electron chi connectivity index (χ1n) is 8.83. The fraction of sp³-hybridized carbons (Fsp3) is 0.250. The van der Waals surface area contributed by atoms with Crippen LogP contribution in [0, 0.1) is 5.82 Å². The lowest BCUT2D eigenvalue weighted by molar-refractivity contribution is -0.139. The SMILES string of the molecule is O=C1CC(c2nc(-c3cccc(F)c3)no2)CN1Cc1ccccc1C(F)(F)F. The largest absolute Gasteiger partial charge is 0.416 e. The second-order valence-electron chi connectivity index (χ2n) is 6.80. The monoisotopic (exact) mass is 405 g/mol. The molecule has 0 bridgehead atoms. The first-order chi connectivity index (χ1) is 13.8. The summed E-state index contributed by atoms with van der Waals surface area (Å²) in [4.78, 5) is 17.9. The summed E-state index contributed by atoms with van der Waals surface area (Å²) in [5.41, 5.74) is -0.303. The van der Waals surface area contributed by atoms with Gasteiger partial charge in [0.2, 0.25) is 17.6 Å². The molecule has 0 radical (unpaired) electrons. The third-order valence-corrected chi connectivity index (χ3v) is 4.77. The average Bonchev–Trinajstić information content (AvgIpc) is 3.29. The Morgan fingerprint density at radius 3 is 2.69 bits per heavy atom. The Bertz CT molecular complexity index is 1050. The lowest BCUT2D eigenvalue weighted by atomic mass is 10.1. The number of nitrogens with zero attached hydrogens (tertiary/aromatic N) is 3. The minimum atomic E-state index is -4.49. The fourth-order valence-electron chi connectivity index (χ4n) is 3.38. The maximum atomic E-state index is 13.4. The Labute approximate surface area is 162 Å². The van der Waals surface area contributed by atoms with Gasteiger partial charge in [-0.1, -0.05) is 35.5 Å². The van der Waals surface area contributed by atoms with Crippen molar-refractivity contribution in [2.75, 3.05) is 6.54 Å². The molecule has 5 nitrogen and oxygen atoms in total. The molecule has 2 heterocycles. The first-order valence-corrected chi connectivity index (χ1v) is 8.83. The minimum Gasteiger partial charge on any atom is -0.339 e. The smallest absolute Gasteiger partial charge is 0.339 e. The Morgan fingerprint density at radius 1 is 1.14 bits per heavy atom. The van der Waals surface area contributed by atoms with Crippen LogP contribution in [0.4, 0.5) is 17.6 Å². The lowest BCUT2D eigenvalue weighted by Gasteiger charge is -2.19. The topological polar surface area (TPSA) is 59.2 Å². The summed E-state index contributed by atoms with van der Waals surface area (Å²) in [7, 11) is 0. The average molecular weight is 405 g/mol. The molecule has 9 heteroatoms. The van der Waals surface area contributed by atoms with Crippen LogP contribution in [0.2, 0.25) is 0 Å². The second kappa shape index (κ2) is 7.31. The van der Waals surface area contributed by atoms with Crippen molar-refractivity contribution in [3.05, 3.63) is 71.4 Å². The molecule has 150 valence electrons. The van der Waals surface area contributed by atoms with Gasteiger partial charge in [0.25, 0.3) is 0 Å². The summed E-state index contributed by atoms with van der Waals surface area (Å²) in [5.74, 6) is -0.788. The van der Waals surface area contributed by atoms with Crippen LogP contribution in [0.1, 0.15) is 29.4 Å². The van der Waals surface area contributed by atoms with Crippen molar-refractivity contribution in [2.24, 2.45) is 0 Å². The Balaban J connectivity index is 1.51. The second-order valence-corrected chi connectivity index (χ2v) is 6.80. The number of likely N-dealkylation sites (tertiary alicyclic amines) is 1. The summed E-state index contributed by atoms with van der Waals surface area (Å²) in [6.07, 6.45) is -4.44. The molecule has 1 fully saturated rings. The van der Waals surface area contributed by atoms with E-state index in [0.717, 1.165) is 6.07 Å². The Kier molecular flexibility index (Phi) is 4.81. The normalized spacial score (nSPS) is 17.2. The van der Waals surface area contributed by atoms with E-state index in [1.54, 1.807) is 6.07 Å². The highest BCUT2D eigenvalue weighted by atomic mass is 19.4. The van der Waals surface area contributed by atoms with E-state index in [2.05, 4.69) is 10.1 Å². The van der Waals surface area contributed by atoms with Gasteiger partial charge in [-0.2, -0.15) is 18.2 Å². The number of halogens is 4. The fourth-order valence-corrected chi connectivity index (χ4v) is 3.38. The van der Waals surface area contributed by atoms with Gasteiger partial charge in [-0.05, 0) is 23.8 Å². The maximum absolute atomic E-state index is 13.4. The van der Waals surface area contributed by atoms with Crippen molar-refractivity contribution in [2.45, 2.75) is 25.1 Å². The molecule has 1 aliphatic heterocycles. The highest BCUT2D eigenvalue weighted by Crippen LogP contribution is 2.34. The molecule has 0 N–H and O–H groups in total. The van der Waals surface area contributed by atoms with Crippen LogP contribution in [0.3, 0.4) is 0 Å². The number of rotatable bonds is 4. The van der Waals surface area contributed by atoms with Gasteiger partial charge in [-0.25, -0.2) is 4.39 Å². The Hall–Kier alpha value is -3.23. The maximum Gasteiger partial charge on any atom is 0.416 e. The number of amides is 1. The van der Waals surface area contributed by atoms with E-state index < -0.39 is 23.5 Å². The van der Waals surface area contributed by atoms with Gasteiger partial charge >= 0.3 is 6.18 Å². The Morgan fingerprint density at radius 2 is 1.93 bits per heavy atom. The van der Waals surface area contributed by atoms with Gasteiger partial charge in [-0.3, -0.25) is 4.79 Å². The number of hydrogen-bond donors (Lipinski definition) is 0. The molecule has 0 saturated carbocycles. The van der Waals surface area contributed by atoms with E-state index in [4.69, 9.17) is 4.52 Å². The summed E-state index contributed by atoms with van der Waals surface area (Å²) in [6.45, 7) is 0.00567. The van der Waals surface area contributed by atoms with Gasteiger partial charge in [0, 0.05) is 25.1 Å². The molecule has 3 aromatic rings. The number of carbonyl (C=O) groups is 1. The molecular formula is C20H15F4N3O2. The van der Waals surface area contributed by atoms with Gasteiger partial charge in [0.05, 0.1) is 11.5 Å². The predicted molar refractivity (Wildman–Crippen MR) is 93.9 cm³/mol. The van der Waals surface area contributed by atoms with Crippen LogP contribution in [0.5, 0.6) is 0 Å². The summed E-state index contributed by atoms with van der Waals surface area (Å²) < 4.78 is 58.2. The van der Waals surface area contributed by atoms with Crippen molar-refractivity contribution in [3.8, 4) is 11.4 Å². The molecule has 2 aromatic carbocycles. The van der Waals surface area contributed by atoms with E-state index >= 15 is 0 Å². The zero-order valence-corrected chi connectivity index (χ0v) is 15.0. The molecule has 1 aliphatic rings. The van der Waals surface area contributed by atoms with Crippen molar-refractivity contribution in [1.82, 2.24) is 15.0 Å². The van der Waals surface area contributed by atoms with Crippen molar-refractivity contribution in [1.29, 1.82) is 0 Å². The molecule has 4 rings (SSSR count). The first kappa shape index (κ1) is 19.1. The van der Waals surface area contributed by atoms with Crippen LogP contribution in [0.25, 0.3) is 11.4 Å². The molecule has 1 unspecified atom stereocenters. The summed E-state index contributed by atoms with van der Waals surface area (Å²) in [6, 6.07) is 10.9. The van der Waals surface area contributed by atoms with E-state index in [1.807, 2.05) is 0 Å². The van der Waals surface area contributed by atoms with Crippen LogP contribution in [-0.2, 0) is 17.5 Å². The molecular weight excluding hydrogens is 390 g/mol. The quantitative estimate of drug-likeness (QED) is 0.604. The van der Waals surface area contributed by atoms with Crippen LogP contribution < -0.4 is 0 Å². The van der Waals surface area contributed by atoms with E-state index in [-0.39, 0.29) is 42.7 Å². The molecule has 0 aliphatic carbocycles. The molecule has 1 aromatic heterocycles. The summed E-state index contributed by atoms with van der Waals surface area (Å²) >= 11 is 0. The molecule has 0 spiro atoms. The standard InChI is InChI=1S/C20H15F4N3O2/c21-15-6-3-5-12(8-15)18-25-19(29-26-18)14-9-17(28)27(11-14)10-13-4-1-2-7-16(13)20(22,23)24/h1-8,14H,9-11H2. The zero-order chi connectivity index (χ0) is 20.6. The number of alkyl halides is 3. The number of benzene rings is 2. The van der Waals surface area contributed by atoms with Gasteiger partial charge < -0.3 is 9.42 Å². The van der Waals surface area contributed by atoms with Crippen molar-refractivity contribution in [3.63, 3.8) is 0 Å². The summed E-state index contributed by atoms with van der Waals surface area (Å²) in [5, 5.41) is 3.82. The number of carbonyl (C=O) groups excluding carboxylic acids is 1. The van der Waals surface area contributed by atoms with Gasteiger partial charge in [-0.15, -0.1) is 0 Å². The molecule has 29 heavy (non-hydrogen) atoms. The molecule has 1 atom stereocenters. The van der Waals surface area contributed by atoms with Gasteiger partial charge in [0.15, 0.2) is 0 Å². The van der Waals surface area contributed by atoms with Crippen LogP contribution >= 0.6 is 0 Å². The highest BCUT2D eigenvalue weighted by Gasteiger charge is 2.37. The minimum absolute atomic E-state index is 0.0278. The predicted octanol–water partition coefficient (Wildman–Crippen LogP) is 4.41.